The maximum atomic E-state index is 12.6. The molecular weight excluding hydrogens is 316 g/mol. The molecule has 4 saturated carbocycles. The quantitative estimate of drug-likeness (QED) is 0.630. The van der Waals surface area contributed by atoms with Crippen molar-refractivity contribution in [1.82, 2.24) is 0 Å². The first kappa shape index (κ1) is 15.6. The molecule has 0 amide bonds. The molecule has 2 aliphatic heterocycles. The molecule has 4 heteroatoms. The van der Waals surface area contributed by atoms with E-state index in [1.54, 1.807) is 0 Å². The van der Waals surface area contributed by atoms with Crippen molar-refractivity contribution >= 4 is 5.78 Å². The first-order valence-corrected chi connectivity index (χ1v) is 10.4. The standard InChI is InChI=1S/C21H30O4/c1-18-6-5-15-13(14(18)3-4-16(18)22)11-17-21(25-17)12-20(23-9-10-24-20)8-7-19(15,21)2/h13-15,17H,3-12H2,1-2H3/t13-,14+,15+,17+,18-,19-,21+/m1/s1. The first-order valence-electron chi connectivity index (χ1n) is 10.4. The van der Waals surface area contributed by atoms with Gasteiger partial charge in [0.15, 0.2) is 5.79 Å². The minimum Gasteiger partial charge on any atom is -0.365 e. The fourth-order valence-electron chi connectivity index (χ4n) is 8.14. The lowest BCUT2D eigenvalue weighted by atomic mass is 9.45. The molecule has 7 atom stereocenters. The highest BCUT2D eigenvalue weighted by molar-refractivity contribution is 5.87. The van der Waals surface area contributed by atoms with Crippen LogP contribution in [-0.4, -0.2) is 36.5 Å². The molecule has 0 aromatic heterocycles. The van der Waals surface area contributed by atoms with E-state index in [4.69, 9.17) is 14.2 Å². The summed E-state index contributed by atoms with van der Waals surface area (Å²) < 4.78 is 18.6. The monoisotopic (exact) mass is 346 g/mol. The van der Waals surface area contributed by atoms with Gasteiger partial charge in [0.2, 0.25) is 0 Å². The molecule has 25 heavy (non-hydrogen) atoms. The molecule has 0 unspecified atom stereocenters. The average Bonchev–Trinajstić information content (AvgIpc) is 2.94. The lowest BCUT2D eigenvalue weighted by molar-refractivity contribution is -0.226. The summed E-state index contributed by atoms with van der Waals surface area (Å²) in [7, 11) is 0. The summed E-state index contributed by atoms with van der Waals surface area (Å²) in [5.41, 5.74) is 0.168. The third-order valence-electron chi connectivity index (χ3n) is 9.60. The van der Waals surface area contributed by atoms with Crippen LogP contribution in [0.2, 0.25) is 0 Å². The fraction of sp³-hybridized carbons (Fsp3) is 0.952. The Morgan fingerprint density at radius 3 is 2.60 bits per heavy atom. The lowest BCUT2D eigenvalue weighted by Crippen LogP contribution is -2.61. The van der Waals surface area contributed by atoms with E-state index in [2.05, 4.69) is 13.8 Å². The molecule has 0 aromatic rings. The summed E-state index contributed by atoms with van der Waals surface area (Å²) in [6, 6.07) is 0. The SMILES string of the molecule is C[C@@]12CC[C@H]3[C@H](C[C@@H]4O[C@@]45CC4(CC[C@]35C)OCCO4)[C@@H]1CCC2=O. The van der Waals surface area contributed by atoms with Crippen LogP contribution in [0.25, 0.3) is 0 Å². The van der Waals surface area contributed by atoms with Gasteiger partial charge >= 0.3 is 0 Å². The van der Waals surface area contributed by atoms with Gasteiger partial charge in [0, 0.05) is 30.1 Å². The van der Waals surface area contributed by atoms with Gasteiger partial charge < -0.3 is 14.2 Å². The van der Waals surface area contributed by atoms with Gasteiger partial charge in [-0.3, -0.25) is 4.79 Å². The van der Waals surface area contributed by atoms with E-state index in [0.29, 0.717) is 29.6 Å². The summed E-state index contributed by atoms with van der Waals surface area (Å²) in [6.07, 6.45) is 8.80. The smallest absolute Gasteiger partial charge is 0.171 e. The number of ether oxygens (including phenoxy) is 3. The molecule has 0 bridgehead atoms. The molecule has 6 rings (SSSR count). The van der Waals surface area contributed by atoms with E-state index in [0.717, 1.165) is 58.2 Å². The molecule has 4 nitrogen and oxygen atoms in total. The molecule has 0 aromatic carbocycles. The molecule has 0 radical (unpaired) electrons. The van der Waals surface area contributed by atoms with Crippen LogP contribution < -0.4 is 0 Å². The van der Waals surface area contributed by atoms with E-state index >= 15 is 0 Å². The summed E-state index contributed by atoms with van der Waals surface area (Å²) >= 11 is 0. The van der Waals surface area contributed by atoms with E-state index in [-0.39, 0.29) is 22.2 Å². The molecule has 2 saturated heterocycles. The summed E-state index contributed by atoms with van der Waals surface area (Å²) in [5, 5.41) is 0. The van der Waals surface area contributed by atoms with Crippen molar-refractivity contribution in [2.24, 2.45) is 28.6 Å². The average molecular weight is 346 g/mol. The third kappa shape index (κ3) is 1.69. The van der Waals surface area contributed by atoms with E-state index < -0.39 is 0 Å². The second kappa shape index (κ2) is 4.51. The molecule has 6 fully saturated rings. The third-order valence-corrected chi connectivity index (χ3v) is 9.60. The van der Waals surface area contributed by atoms with Crippen LogP contribution in [0.4, 0.5) is 0 Å². The predicted octanol–water partition coefficient (Wildman–Crippen LogP) is 3.47. The van der Waals surface area contributed by atoms with Gasteiger partial charge in [-0.2, -0.15) is 0 Å². The summed E-state index contributed by atoms with van der Waals surface area (Å²) in [5.74, 6) is 2.13. The zero-order chi connectivity index (χ0) is 17.1. The molecule has 0 N–H and O–H groups in total. The van der Waals surface area contributed by atoms with E-state index in [1.807, 2.05) is 0 Å². The molecule has 2 heterocycles. The van der Waals surface area contributed by atoms with Crippen molar-refractivity contribution in [2.45, 2.75) is 82.7 Å². The van der Waals surface area contributed by atoms with Crippen LogP contribution in [0.3, 0.4) is 0 Å². The number of fused-ring (bicyclic) bond motifs is 4. The Kier molecular flexibility index (Phi) is 2.81. The van der Waals surface area contributed by atoms with Crippen molar-refractivity contribution in [2.75, 3.05) is 13.2 Å². The molecule has 138 valence electrons. The predicted molar refractivity (Wildman–Crippen MR) is 90.9 cm³/mol. The van der Waals surface area contributed by atoms with Gasteiger partial charge in [-0.05, 0) is 49.9 Å². The minimum atomic E-state index is -0.367. The number of ketones is 1. The Labute approximate surface area is 150 Å². The van der Waals surface area contributed by atoms with Crippen molar-refractivity contribution in [3.05, 3.63) is 0 Å². The van der Waals surface area contributed by atoms with Crippen LogP contribution in [-0.2, 0) is 19.0 Å². The van der Waals surface area contributed by atoms with Gasteiger partial charge in [-0.25, -0.2) is 0 Å². The van der Waals surface area contributed by atoms with Gasteiger partial charge in [0.25, 0.3) is 0 Å². The normalized spacial score (nSPS) is 58.4. The Hall–Kier alpha value is -0.450. The highest BCUT2D eigenvalue weighted by Crippen LogP contribution is 2.74. The molecule has 4 aliphatic carbocycles. The number of rotatable bonds is 0. The number of carbonyl (C=O) groups excluding carboxylic acids is 1. The number of Topliss-reactive ketones (excluding diaryl/α,β-unsaturated/α-hetero) is 1. The van der Waals surface area contributed by atoms with Crippen molar-refractivity contribution in [3.8, 4) is 0 Å². The highest BCUT2D eigenvalue weighted by Gasteiger charge is 2.78. The fourth-order valence-corrected chi connectivity index (χ4v) is 8.14. The van der Waals surface area contributed by atoms with Crippen LogP contribution in [0.1, 0.15) is 65.2 Å². The number of hydrogen-bond donors (Lipinski definition) is 0. The van der Waals surface area contributed by atoms with E-state index in [9.17, 15) is 4.79 Å². The first-order chi connectivity index (χ1) is 11.9. The van der Waals surface area contributed by atoms with Gasteiger partial charge in [-0.1, -0.05) is 13.8 Å². The maximum Gasteiger partial charge on any atom is 0.171 e. The minimum absolute atomic E-state index is 0.0207. The van der Waals surface area contributed by atoms with Crippen molar-refractivity contribution in [3.63, 3.8) is 0 Å². The van der Waals surface area contributed by atoms with Crippen molar-refractivity contribution < 1.29 is 19.0 Å². The largest absolute Gasteiger partial charge is 0.365 e. The second-order valence-corrected chi connectivity index (χ2v) is 10.2. The summed E-state index contributed by atoms with van der Waals surface area (Å²) in [4.78, 5) is 12.6. The highest BCUT2D eigenvalue weighted by atomic mass is 16.7. The van der Waals surface area contributed by atoms with Gasteiger partial charge in [0.1, 0.15) is 11.4 Å². The number of epoxide rings is 1. The lowest BCUT2D eigenvalue weighted by Gasteiger charge is -2.59. The van der Waals surface area contributed by atoms with Crippen LogP contribution in [0.5, 0.6) is 0 Å². The molecule has 6 aliphatic rings. The number of hydrogen-bond acceptors (Lipinski definition) is 4. The Morgan fingerprint density at radius 1 is 1.00 bits per heavy atom. The van der Waals surface area contributed by atoms with Crippen molar-refractivity contribution in [1.29, 1.82) is 0 Å². The van der Waals surface area contributed by atoms with Crippen LogP contribution in [0, 0.1) is 28.6 Å². The molecular formula is C21H30O4. The van der Waals surface area contributed by atoms with Gasteiger partial charge in [0.05, 0.1) is 19.3 Å². The Balaban J connectivity index is 1.35. The maximum absolute atomic E-state index is 12.6. The topological polar surface area (TPSA) is 48.1 Å². The van der Waals surface area contributed by atoms with Crippen LogP contribution >= 0.6 is 0 Å². The Bertz CT molecular complexity index is 640. The number of carbonyl (C=O) groups is 1. The zero-order valence-electron chi connectivity index (χ0n) is 15.5. The van der Waals surface area contributed by atoms with E-state index in [1.165, 1.54) is 6.42 Å². The van der Waals surface area contributed by atoms with Crippen LogP contribution in [0.15, 0.2) is 0 Å². The Morgan fingerprint density at radius 2 is 1.80 bits per heavy atom. The second-order valence-electron chi connectivity index (χ2n) is 10.2. The zero-order valence-corrected chi connectivity index (χ0v) is 15.5. The molecule has 2 spiro atoms. The summed E-state index contributed by atoms with van der Waals surface area (Å²) in [6.45, 7) is 6.21. The van der Waals surface area contributed by atoms with Gasteiger partial charge in [-0.15, -0.1) is 0 Å².